The van der Waals surface area contributed by atoms with E-state index in [9.17, 15) is 9.90 Å². The van der Waals surface area contributed by atoms with Crippen molar-refractivity contribution in [2.75, 3.05) is 26.4 Å². The maximum atomic E-state index is 13.1. The van der Waals surface area contributed by atoms with Gasteiger partial charge in [0.2, 0.25) is 0 Å². The third-order valence-electron chi connectivity index (χ3n) is 5.76. The van der Waals surface area contributed by atoms with E-state index in [2.05, 4.69) is 24.3 Å². The van der Waals surface area contributed by atoms with Gasteiger partial charge in [0.15, 0.2) is 0 Å². The van der Waals surface area contributed by atoms with Crippen LogP contribution in [-0.2, 0) is 9.47 Å². The molecular formula is C24H29NO4. The second kappa shape index (κ2) is 8.17. The van der Waals surface area contributed by atoms with Crippen molar-refractivity contribution < 1.29 is 19.4 Å². The average molecular weight is 395 g/mol. The van der Waals surface area contributed by atoms with E-state index in [1.165, 1.54) is 22.3 Å². The summed E-state index contributed by atoms with van der Waals surface area (Å²) in [6, 6.07) is 16.6. The van der Waals surface area contributed by atoms with Gasteiger partial charge in [-0.05, 0) is 48.9 Å². The van der Waals surface area contributed by atoms with E-state index in [1.54, 1.807) is 18.7 Å². The molecule has 0 unspecified atom stereocenters. The maximum Gasteiger partial charge on any atom is 0.410 e. The molecule has 5 heteroatoms. The normalized spacial score (nSPS) is 16.9. The summed E-state index contributed by atoms with van der Waals surface area (Å²) in [5.41, 5.74) is 3.83. The lowest BCUT2D eigenvalue weighted by molar-refractivity contribution is -0.0142. The highest BCUT2D eigenvalue weighted by Gasteiger charge is 2.33. The number of fused-ring (bicyclic) bond motifs is 3. The Bertz CT molecular complexity index is 822. The van der Waals surface area contributed by atoms with Gasteiger partial charge in [-0.3, -0.25) is 0 Å². The largest absolute Gasteiger partial charge is 0.448 e. The smallest absolute Gasteiger partial charge is 0.410 e. The highest BCUT2D eigenvalue weighted by Crippen LogP contribution is 2.44. The van der Waals surface area contributed by atoms with E-state index in [0.29, 0.717) is 19.8 Å². The zero-order valence-electron chi connectivity index (χ0n) is 17.1. The molecular weight excluding hydrogens is 366 g/mol. The van der Waals surface area contributed by atoms with Crippen LogP contribution in [-0.4, -0.2) is 54.1 Å². The molecule has 1 aliphatic carbocycles. The van der Waals surface area contributed by atoms with Crippen molar-refractivity contribution in [2.45, 2.75) is 44.2 Å². The lowest BCUT2D eigenvalue weighted by atomic mass is 9.98. The minimum absolute atomic E-state index is 0.0324. The molecule has 0 saturated carbocycles. The van der Waals surface area contributed by atoms with Gasteiger partial charge in [0.05, 0.1) is 12.1 Å². The Kier molecular flexibility index (Phi) is 5.61. The third kappa shape index (κ3) is 4.31. The van der Waals surface area contributed by atoms with Gasteiger partial charge in [-0.1, -0.05) is 48.5 Å². The number of aliphatic hydroxyl groups is 1. The SMILES string of the molecule is CC(C)(O)CN(C(=O)OCC1c2ccccc2-c2ccccc21)C1CCOCC1. The molecule has 1 amide bonds. The summed E-state index contributed by atoms with van der Waals surface area (Å²) in [7, 11) is 0. The molecule has 1 saturated heterocycles. The van der Waals surface area contributed by atoms with Gasteiger partial charge in [-0.25, -0.2) is 4.79 Å². The summed E-state index contributed by atoms with van der Waals surface area (Å²) in [6.45, 7) is 5.23. The molecule has 1 aliphatic heterocycles. The van der Waals surface area contributed by atoms with Crippen molar-refractivity contribution in [3.8, 4) is 11.1 Å². The Morgan fingerprint density at radius 3 is 2.17 bits per heavy atom. The van der Waals surface area contributed by atoms with E-state index >= 15 is 0 Å². The molecule has 29 heavy (non-hydrogen) atoms. The van der Waals surface area contributed by atoms with Crippen LogP contribution in [0.15, 0.2) is 48.5 Å². The first-order chi connectivity index (χ1) is 13.9. The van der Waals surface area contributed by atoms with Crippen molar-refractivity contribution in [3.05, 3.63) is 59.7 Å². The second-order valence-corrected chi connectivity index (χ2v) is 8.59. The first kappa shape index (κ1) is 19.9. The predicted molar refractivity (Wildman–Crippen MR) is 112 cm³/mol. The number of ether oxygens (including phenoxy) is 2. The van der Waals surface area contributed by atoms with Crippen LogP contribution in [0.3, 0.4) is 0 Å². The summed E-state index contributed by atoms with van der Waals surface area (Å²) < 4.78 is 11.3. The van der Waals surface area contributed by atoms with Crippen molar-refractivity contribution in [2.24, 2.45) is 0 Å². The second-order valence-electron chi connectivity index (χ2n) is 8.59. The Balaban J connectivity index is 1.51. The summed E-state index contributed by atoms with van der Waals surface area (Å²) in [4.78, 5) is 14.7. The minimum atomic E-state index is -0.982. The maximum absolute atomic E-state index is 13.1. The number of carbonyl (C=O) groups is 1. The third-order valence-corrected chi connectivity index (χ3v) is 5.76. The van der Waals surface area contributed by atoms with Gasteiger partial charge in [-0.15, -0.1) is 0 Å². The average Bonchev–Trinajstić information content (AvgIpc) is 3.04. The highest BCUT2D eigenvalue weighted by atomic mass is 16.6. The minimum Gasteiger partial charge on any atom is -0.448 e. The molecule has 0 radical (unpaired) electrons. The van der Waals surface area contributed by atoms with Crippen LogP contribution in [0.5, 0.6) is 0 Å². The standard InChI is InChI=1S/C24H29NO4/c1-24(2,27)16-25(17-11-13-28-14-12-17)23(26)29-15-22-20-9-5-3-7-18(20)19-8-4-6-10-21(19)22/h3-10,17,22,27H,11-16H2,1-2H3. The Labute approximate surface area is 172 Å². The number of hydrogen-bond acceptors (Lipinski definition) is 4. The van der Waals surface area contributed by atoms with Gasteiger partial charge in [-0.2, -0.15) is 0 Å². The van der Waals surface area contributed by atoms with Gasteiger partial charge in [0.1, 0.15) is 6.61 Å². The molecule has 0 atom stereocenters. The first-order valence-corrected chi connectivity index (χ1v) is 10.4. The summed E-state index contributed by atoms with van der Waals surface area (Å²) >= 11 is 0. The molecule has 2 aromatic carbocycles. The van der Waals surface area contributed by atoms with Crippen LogP contribution in [0.2, 0.25) is 0 Å². The number of rotatable bonds is 5. The molecule has 2 aromatic rings. The van der Waals surface area contributed by atoms with Crippen LogP contribution >= 0.6 is 0 Å². The number of benzene rings is 2. The molecule has 4 rings (SSSR count). The van der Waals surface area contributed by atoms with Crippen LogP contribution in [0, 0.1) is 0 Å². The zero-order valence-corrected chi connectivity index (χ0v) is 17.1. The van der Waals surface area contributed by atoms with Crippen LogP contribution in [0.1, 0.15) is 43.7 Å². The van der Waals surface area contributed by atoms with Gasteiger partial charge >= 0.3 is 6.09 Å². The van der Waals surface area contributed by atoms with Crippen molar-refractivity contribution in [1.29, 1.82) is 0 Å². The molecule has 1 N–H and O–H groups in total. The molecule has 0 bridgehead atoms. The predicted octanol–water partition coefficient (Wildman–Crippen LogP) is 4.19. The van der Waals surface area contributed by atoms with Crippen molar-refractivity contribution in [3.63, 3.8) is 0 Å². The highest BCUT2D eigenvalue weighted by molar-refractivity contribution is 5.79. The van der Waals surface area contributed by atoms with Crippen molar-refractivity contribution >= 4 is 6.09 Å². The van der Waals surface area contributed by atoms with Crippen LogP contribution in [0.25, 0.3) is 11.1 Å². The van der Waals surface area contributed by atoms with E-state index in [1.807, 2.05) is 24.3 Å². The number of nitrogens with zero attached hydrogens (tertiary/aromatic N) is 1. The summed E-state index contributed by atoms with van der Waals surface area (Å²) in [6.07, 6.45) is 1.17. The fourth-order valence-electron chi connectivity index (χ4n) is 4.43. The zero-order chi connectivity index (χ0) is 20.4. The van der Waals surface area contributed by atoms with E-state index < -0.39 is 5.60 Å². The van der Waals surface area contributed by atoms with Gasteiger partial charge in [0.25, 0.3) is 0 Å². The molecule has 1 fully saturated rings. The fraction of sp³-hybridized carbons (Fsp3) is 0.458. The Morgan fingerprint density at radius 1 is 1.07 bits per heavy atom. The monoisotopic (exact) mass is 395 g/mol. The van der Waals surface area contributed by atoms with E-state index in [-0.39, 0.29) is 24.6 Å². The van der Waals surface area contributed by atoms with Crippen LogP contribution < -0.4 is 0 Å². The van der Waals surface area contributed by atoms with Crippen molar-refractivity contribution in [1.82, 2.24) is 4.90 Å². The summed E-state index contributed by atoms with van der Waals surface area (Å²) in [5, 5.41) is 10.3. The first-order valence-electron chi connectivity index (χ1n) is 10.4. The number of carbonyl (C=O) groups excluding carboxylic acids is 1. The topological polar surface area (TPSA) is 59.0 Å². The lowest BCUT2D eigenvalue weighted by Gasteiger charge is -2.37. The molecule has 1 heterocycles. The quantitative estimate of drug-likeness (QED) is 0.825. The lowest BCUT2D eigenvalue weighted by Crippen LogP contribution is -2.50. The van der Waals surface area contributed by atoms with Gasteiger partial charge < -0.3 is 19.5 Å². The summed E-state index contributed by atoms with van der Waals surface area (Å²) in [5.74, 6) is 0.0324. The molecule has 2 aliphatic rings. The Hall–Kier alpha value is -2.37. The molecule has 0 aromatic heterocycles. The van der Waals surface area contributed by atoms with E-state index in [4.69, 9.17) is 9.47 Å². The molecule has 0 spiro atoms. The van der Waals surface area contributed by atoms with E-state index in [0.717, 1.165) is 12.8 Å². The number of hydrogen-bond donors (Lipinski definition) is 1. The van der Waals surface area contributed by atoms with Crippen LogP contribution in [0.4, 0.5) is 4.79 Å². The Morgan fingerprint density at radius 2 is 1.62 bits per heavy atom. The fourth-order valence-corrected chi connectivity index (χ4v) is 4.43. The van der Waals surface area contributed by atoms with Gasteiger partial charge in [0, 0.05) is 25.2 Å². The number of amides is 1. The molecule has 5 nitrogen and oxygen atoms in total. The molecule has 154 valence electrons.